The van der Waals surface area contributed by atoms with E-state index in [0.717, 1.165) is 13.1 Å². The number of nitrogens with one attached hydrogen (secondary N) is 1. The quantitative estimate of drug-likeness (QED) is 0.692. The normalized spacial score (nSPS) is 15.7. The van der Waals surface area contributed by atoms with Gasteiger partial charge < -0.3 is 5.32 Å². The van der Waals surface area contributed by atoms with Crippen molar-refractivity contribution in [1.29, 1.82) is 0 Å². The maximum atomic E-state index is 3.38. The summed E-state index contributed by atoms with van der Waals surface area (Å²) in [7, 11) is 0. The Morgan fingerprint density at radius 2 is 2.08 bits per heavy atom. The molecule has 1 heterocycles. The molecular weight excluding hydrogens is 190 g/mol. The number of hydrogen-bond donors (Lipinski definition) is 1. The summed E-state index contributed by atoms with van der Waals surface area (Å²) in [5, 5.41) is 3.38. The van der Waals surface area contributed by atoms with E-state index in [1.165, 1.54) is 16.2 Å². The van der Waals surface area contributed by atoms with Crippen molar-refractivity contribution < 1.29 is 0 Å². The summed E-state index contributed by atoms with van der Waals surface area (Å²) in [6, 6.07) is 8.61. The molecule has 0 unspecified atom stereocenters. The highest BCUT2D eigenvalue weighted by atomic mass is 35.5. The van der Waals surface area contributed by atoms with Gasteiger partial charge in [-0.05, 0) is 11.6 Å². The van der Waals surface area contributed by atoms with Crippen LogP contribution in [0.1, 0.15) is 5.56 Å². The average molecular weight is 202 g/mol. The summed E-state index contributed by atoms with van der Waals surface area (Å²) in [5.74, 6) is 1.19. The summed E-state index contributed by atoms with van der Waals surface area (Å²) in [6.45, 7) is 2.16. The number of hydrogen-bond acceptors (Lipinski definition) is 2. The summed E-state index contributed by atoms with van der Waals surface area (Å²) in [4.78, 5) is 1.44. The first kappa shape index (κ1) is 9.90. The van der Waals surface area contributed by atoms with Gasteiger partial charge in [0.05, 0.1) is 0 Å². The summed E-state index contributed by atoms with van der Waals surface area (Å²) >= 11 is 1.95. The second-order valence-electron chi connectivity index (χ2n) is 2.63. The highest BCUT2D eigenvalue weighted by Crippen LogP contribution is 2.23. The molecular formula is C9H12ClNS. The molecule has 1 aromatic rings. The molecule has 0 spiro atoms. The molecule has 0 saturated heterocycles. The van der Waals surface area contributed by atoms with Gasteiger partial charge in [0.25, 0.3) is 0 Å². The molecule has 0 saturated carbocycles. The number of benzene rings is 1. The molecule has 0 aromatic heterocycles. The average Bonchev–Trinajstić information content (AvgIpc) is 2.28. The Labute approximate surface area is 83.3 Å². The fourth-order valence-corrected chi connectivity index (χ4v) is 2.21. The van der Waals surface area contributed by atoms with Gasteiger partial charge in [0.2, 0.25) is 0 Å². The van der Waals surface area contributed by atoms with Gasteiger partial charge in [0.1, 0.15) is 0 Å². The Bertz CT molecular complexity index is 227. The van der Waals surface area contributed by atoms with Crippen molar-refractivity contribution in [3.8, 4) is 0 Å². The summed E-state index contributed by atoms with van der Waals surface area (Å²) in [5.41, 5.74) is 1.44. The zero-order chi connectivity index (χ0) is 7.52. The second kappa shape index (κ2) is 4.75. The van der Waals surface area contributed by atoms with E-state index in [1.807, 2.05) is 11.8 Å². The molecule has 0 aliphatic carbocycles. The minimum Gasteiger partial charge on any atom is -0.312 e. The lowest BCUT2D eigenvalue weighted by molar-refractivity contribution is 0.732. The first-order chi connectivity index (χ1) is 5.47. The molecule has 0 radical (unpaired) electrons. The Morgan fingerprint density at radius 1 is 1.25 bits per heavy atom. The van der Waals surface area contributed by atoms with Crippen LogP contribution in [0.2, 0.25) is 0 Å². The van der Waals surface area contributed by atoms with E-state index in [9.17, 15) is 0 Å². The summed E-state index contributed by atoms with van der Waals surface area (Å²) < 4.78 is 0. The first-order valence-corrected chi connectivity index (χ1v) is 4.87. The Balaban J connectivity index is 0.000000720. The lowest BCUT2D eigenvalue weighted by Gasteiger charge is -2.01. The molecule has 1 aliphatic rings. The highest BCUT2D eigenvalue weighted by Gasteiger charge is 2.04. The molecule has 66 valence electrons. The number of halogens is 1. The third-order valence-electron chi connectivity index (χ3n) is 1.82. The zero-order valence-corrected chi connectivity index (χ0v) is 8.38. The maximum absolute atomic E-state index is 3.38. The van der Waals surface area contributed by atoms with Crippen molar-refractivity contribution in [2.45, 2.75) is 11.4 Å². The fourth-order valence-electron chi connectivity index (χ4n) is 1.25. The molecule has 1 aliphatic heterocycles. The van der Waals surface area contributed by atoms with Crippen LogP contribution < -0.4 is 5.32 Å². The van der Waals surface area contributed by atoms with Crippen LogP contribution in [0, 0.1) is 0 Å². The Morgan fingerprint density at radius 3 is 3.00 bits per heavy atom. The predicted molar refractivity (Wildman–Crippen MR) is 56.1 cm³/mol. The zero-order valence-electron chi connectivity index (χ0n) is 6.75. The van der Waals surface area contributed by atoms with E-state index in [2.05, 4.69) is 29.6 Å². The van der Waals surface area contributed by atoms with E-state index in [-0.39, 0.29) is 12.4 Å². The Kier molecular flexibility index (Phi) is 3.92. The van der Waals surface area contributed by atoms with Gasteiger partial charge in [-0.25, -0.2) is 0 Å². The molecule has 2 rings (SSSR count). The van der Waals surface area contributed by atoms with Gasteiger partial charge in [-0.15, -0.1) is 24.2 Å². The van der Waals surface area contributed by atoms with Crippen LogP contribution in [-0.2, 0) is 6.54 Å². The Hall–Kier alpha value is -0.180. The first-order valence-electron chi connectivity index (χ1n) is 3.88. The lowest BCUT2D eigenvalue weighted by atomic mass is 10.2. The molecule has 1 aromatic carbocycles. The van der Waals surface area contributed by atoms with Crippen LogP contribution in [0.4, 0.5) is 0 Å². The van der Waals surface area contributed by atoms with Crippen molar-refractivity contribution in [3.05, 3.63) is 29.8 Å². The van der Waals surface area contributed by atoms with Crippen LogP contribution >= 0.6 is 24.2 Å². The number of fused-ring (bicyclic) bond motifs is 1. The SMILES string of the molecule is Cl.c1ccc2c(c1)CNCCS2. The van der Waals surface area contributed by atoms with Crippen molar-refractivity contribution in [1.82, 2.24) is 5.32 Å². The number of rotatable bonds is 0. The van der Waals surface area contributed by atoms with Crippen LogP contribution in [0.5, 0.6) is 0 Å². The van der Waals surface area contributed by atoms with Crippen LogP contribution in [0.15, 0.2) is 29.2 Å². The molecule has 12 heavy (non-hydrogen) atoms. The van der Waals surface area contributed by atoms with E-state index in [4.69, 9.17) is 0 Å². The third-order valence-corrected chi connectivity index (χ3v) is 2.94. The molecule has 0 bridgehead atoms. The monoisotopic (exact) mass is 201 g/mol. The molecule has 1 nitrogen and oxygen atoms in total. The van der Waals surface area contributed by atoms with Crippen molar-refractivity contribution in [2.75, 3.05) is 12.3 Å². The number of thioether (sulfide) groups is 1. The molecule has 3 heteroatoms. The molecule has 0 fully saturated rings. The van der Waals surface area contributed by atoms with Gasteiger partial charge in [-0.2, -0.15) is 0 Å². The van der Waals surface area contributed by atoms with Gasteiger partial charge >= 0.3 is 0 Å². The third kappa shape index (κ3) is 2.16. The minimum atomic E-state index is 0. The molecule has 0 atom stereocenters. The predicted octanol–water partition coefficient (Wildman–Crippen LogP) is 2.30. The van der Waals surface area contributed by atoms with Gasteiger partial charge in [0, 0.05) is 23.7 Å². The largest absolute Gasteiger partial charge is 0.312 e. The lowest BCUT2D eigenvalue weighted by Crippen LogP contribution is -2.13. The van der Waals surface area contributed by atoms with Crippen LogP contribution in [-0.4, -0.2) is 12.3 Å². The standard InChI is InChI=1S/C9H11NS.ClH/c1-2-4-9-8(3-1)7-10-5-6-11-9;/h1-4,10H,5-7H2;1H. The van der Waals surface area contributed by atoms with Gasteiger partial charge in [-0.1, -0.05) is 18.2 Å². The van der Waals surface area contributed by atoms with E-state index >= 15 is 0 Å². The summed E-state index contributed by atoms with van der Waals surface area (Å²) in [6.07, 6.45) is 0. The molecule has 1 N–H and O–H groups in total. The van der Waals surface area contributed by atoms with E-state index < -0.39 is 0 Å². The van der Waals surface area contributed by atoms with Crippen molar-refractivity contribution >= 4 is 24.2 Å². The maximum Gasteiger partial charge on any atom is 0.0216 e. The minimum absolute atomic E-state index is 0. The van der Waals surface area contributed by atoms with Crippen molar-refractivity contribution in [2.24, 2.45) is 0 Å². The van der Waals surface area contributed by atoms with Crippen LogP contribution in [0.25, 0.3) is 0 Å². The van der Waals surface area contributed by atoms with Crippen LogP contribution in [0.3, 0.4) is 0 Å². The topological polar surface area (TPSA) is 12.0 Å². The van der Waals surface area contributed by atoms with Crippen molar-refractivity contribution in [3.63, 3.8) is 0 Å². The second-order valence-corrected chi connectivity index (χ2v) is 3.77. The smallest absolute Gasteiger partial charge is 0.0216 e. The highest BCUT2D eigenvalue weighted by molar-refractivity contribution is 7.99. The van der Waals surface area contributed by atoms with Gasteiger partial charge in [0.15, 0.2) is 0 Å². The molecule has 0 amide bonds. The van der Waals surface area contributed by atoms with E-state index in [0.29, 0.717) is 0 Å². The fraction of sp³-hybridized carbons (Fsp3) is 0.333. The van der Waals surface area contributed by atoms with Gasteiger partial charge in [-0.3, -0.25) is 0 Å². The van der Waals surface area contributed by atoms with E-state index in [1.54, 1.807) is 0 Å².